The molecule has 0 aromatic heterocycles. The van der Waals surface area contributed by atoms with Gasteiger partial charge in [-0.25, -0.2) is 0 Å². The highest BCUT2D eigenvalue weighted by Gasteiger charge is 2.38. The fourth-order valence-corrected chi connectivity index (χ4v) is 3.91. The molecule has 1 N–H and O–H groups in total. The van der Waals surface area contributed by atoms with Crippen LogP contribution in [0.3, 0.4) is 0 Å². The average Bonchev–Trinajstić information content (AvgIpc) is 2.83. The van der Waals surface area contributed by atoms with Crippen LogP contribution in [-0.4, -0.2) is 34.3 Å². The summed E-state index contributed by atoms with van der Waals surface area (Å²) in [5.74, 6) is 1.82. The Balaban J connectivity index is 1.92. The molecule has 1 heterocycles. The molecule has 0 saturated carbocycles. The van der Waals surface area contributed by atoms with Gasteiger partial charge in [0.1, 0.15) is 11.9 Å². The Labute approximate surface area is 187 Å². The lowest BCUT2D eigenvalue weighted by Gasteiger charge is -2.39. The van der Waals surface area contributed by atoms with Crippen molar-refractivity contribution in [3.63, 3.8) is 0 Å². The van der Waals surface area contributed by atoms with Crippen LogP contribution in [0.2, 0.25) is 0 Å². The van der Waals surface area contributed by atoms with Gasteiger partial charge in [-0.05, 0) is 42.8 Å². The maximum absolute atomic E-state index is 13.9. The lowest BCUT2D eigenvalue weighted by molar-refractivity contribution is 0.0974. The molecular weight excluding hydrogens is 408 g/mol. The fraction of sp³-hybridized carbons (Fsp3) is 0.240. The predicted octanol–water partition coefficient (Wildman–Crippen LogP) is 4.80. The molecule has 7 nitrogen and oxygen atoms in total. The Morgan fingerprint density at radius 3 is 2.03 bits per heavy atom. The van der Waals surface area contributed by atoms with E-state index in [1.807, 2.05) is 55.5 Å². The molecule has 4 rings (SSSR count). The van der Waals surface area contributed by atoms with Crippen LogP contribution in [0.25, 0.3) is 0 Å². The zero-order valence-electron chi connectivity index (χ0n) is 18.8. The third kappa shape index (κ3) is 3.56. The molecule has 32 heavy (non-hydrogen) atoms. The van der Waals surface area contributed by atoms with Crippen LogP contribution in [0.1, 0.15) is 27.7 Å². The summed E-state index contributed by atoms with van der Waals surface area (Å²) in [5, 5.41) is 3.49. The van der Waals surface area contributed by atoms with Gasteiger partial charge >= 0.3 is 0 Å². The maximum atomic E-state index is 13.9. The molecule has 0 fully saturated rings. The van der Waals surface area contributed by atoms with Crippen LogP contribution in [0, 0.1) is 6.92 Å². The number of rotatable bonds is 6. The largest absolute Gasteiger partial charge is 0.497 e. The van der Waals surface area contributed by atoms with Crippen LogP contribution >= 0.6 is 0 Å². The van der Waals surface area contributed by atoms with Crippen molar-refractivity contribution in [1.82, 2.24) is 0 Å². The Kier molecular flexibility index (Phi) is 5.81. The van der Waals surface area contributed by atoms with Crippen LogP contribution in [0.15, 0.2) is 54.6 Å². The van der Waals surface area contributed by atoms with Crippen molar-refractivity contribution in [2.75, 3.05) is 38.7 Å². The highest BCUT2D eigenvalue weighted by atomic mass is 16.5. The van der Waals surface area contributed by atoms with E-state index in [0.29, 0.717) is 28.5 Å². The zero-order valence-corrected chi connectivity index (χ0v) is 18.8. The number of amides is 1. The molecule has 0 saturated heterocycles. The SMILES string of the molecule is COc1ccc([C@H]2Nc3c(cc(OC)c(OC)c3OC)C(=O)N2c2ccc(C)cc2)cc1. The number of methoxy groups -OCH3 is 4. The average molecular weight is 434 g/mol. The van der Waals surface area contributed by atoms with E-state index in [9.17, 15) is 4.79 Å². The van der Waals surface area contributed by atoms with Crippen molar-refractivity contribution in [3.8, 4) is 23.0 Å². The Bertz CT molecular complexity index is 1130. The minimum absolute atomic E-state index is 0.178. The number of benzene rings is 3. The summed E-state index contributed by atoms with van der Waals surface area (Å²) in [4.78, 5) is 15.6. The molecule has 0 spiro atoms. The molecule has 3 aromatic rings. The lowest BCUT2D eigenvalue weighted by atomic mass is 10.0. The van der Waals surface area contributed by atoms with Crippen LogP contribution in [0.5, 0.6) is 23.0 Å². The second kappa shape index (κ2) is 8.70. The van der Waals surface area contributed by atoms with Crippen LogP contribution in [-0.2, 0) is 0 Å². The van der Waals surface area contributed by atoms with Crippen LogP contribution in [0.4, 0.5) is 11.4 Å². The Hall–Kier alpha value is -3.87. The summed E-state index contributed by atoms with van der Waals surface area (Å²) >= 11 is 0. The first-order valence-corrected chi connectivity index (χ1v) is 10.2. The fourth-order valence-electron chi connectivity index (χ4n) is 3.91. The highest BCUT2D eigenvalue weighted by Crippen LogP contribution is 2.49. The number of fused-ring (bicyclic) bond motifs is 1. The Morgan fingerprint density at radius 1 is 0.812 bits per heavy atom. The highest BCUT2D eigenvalue weighted by molar-refractivity contribution is 6.13. The van der Waals surface area contributed by atoms with Gasteiger partial charge in [0.05, 0.1) is 39.7 Å². The van der Waals surface area contributed by atoms with Crippen molar-refractivity contribution in [2.24, 2.45) is 0 Å². The minimum atomic E-state index is -0.476. The van der Waals surface area contributed by atoms with Crippen molar-refractivity contribution in [2.45, 2.75) is 13.1 Å². The topological polar surface area (TPSA) is 69.3 Å². The Morgan fingerprint density at radius 2 is 1.47 bits per heavy atom. The summed E-state index contributed by atoms with van der Waals surface area (Å²) in [6.45, 7) is 2.01. The first-order valence-electron chi connectivity index (χ1n) is 10.2. The number of nitrogens with zero attached hydrogens (tertiary/aromatic N) is 1. The maximum Gasteiger partial charge on any atom is 0.262 e. The smallest absolute Gasteiger partial charge is 0.262 e. The molecule has 1 atom stereocenters. The number of ether oxygens (including phenoxy) is 4. The molecule has 166 valence electrons. The van der Waals surface area contributed by atoms with Gasteiger partial charge in [-0.1, -0.05) is 29.8 Å². The normalized spacial score (nSPS) is 15.0. The number of anilines is 2. The van der Waals surface area contributed by atoms with Crippen molar-refractivity contribution >= 4 is 17.3 Å². The van der Waals surface area contributed by atoms with Gasteiger partial charge < -0.3 is 24.3 Å². The van der Waals surface area contributed by atoms with E-state index in [1.165, 1.54) is 14.2 Å². The molecule has 3 aromatic carbocycles. The summed E-state index contributed by atoms with van der Waals surface area (Å²) < 4.78 is 21.9. The van der Waals surface area contributed by atoms with E-state index in [4.69, 9.17) is 18.9 Å². The molecular formula is C25H26N2O5. The number of hydrogen-bond acceptors (Lipinski definition) is 6. The summed E-state index contributed by atoms with van der Waals surface area (Å²) in [7, 11) is 6.23. The van der Waals surface area contributed by atoms with Gasteiger partial charge in [0.2, 0.25) is 5.75 Å². The molecule has 0 bridgehead atoms. The monoisotopic (exact) mass is 434 g/mol. The third-order valence-corrected chi connectivity index (χ3v) is 5.56. The standard InChI is InChI=1S/C25H26N2O5/c1-15-6-10-17(11-7-15)27-24(16-8-12-18(29-2)13-9-16)26-21-19(25(27)28)14-20(30-3)22(31-4)23(21)32-5/h6-14,24,26H,1-5H3/t24-/m0/s1. The predicted molar refractivity (Wildman–Crippen MR) is 123 cm³/mol. The van der Waals surface area contributed by atoms with E-state index in [-0.39, 0.29) is 5.91 Å². The number of carbonyl (C=O) groups excluding carboxylic acids is 1. The summed E-state index contributed by atoms with van der Waals surface area (Å²) in [6, 6.07) is 17.1. The molecule has 7 heteroatoms. The van der Waals surface area contributed by atoms with Gasteiger partial charge in [-0.3, -0.25) is 9.69 Å². The molecule has 1 amide bonds. The molecule has 0 radical (unpaired) electrons. The van der Waals surface area contributed by atoms with Gasteiger partial charge in [0.25, 0.3) is 5.91 Å². The minimum Gasteiger partial charge on any atom is -0.497 e. The van der Waals surface area contributed by atoms with Crippen molar-refractivity contribution in [3.05, 3.63) is 71.3 Å². The number of carbonyl (C=O) groups is 1. The number of aryl methyl sites for hydroxylation is 1. The lowest BCUT2D eigenvalue weighted by Crippen LogP contribution is -2.43. The van der Waals surface area contributed by atoms with E-state index < -0.39 is 6.17 Å². The van der Waals surface area contributed by atoms with Gasteiger partial charge in [0, 0.05) is 5.69 Å². The van der Waals surface area contributed by atoms with E-state index in [1.54, 1.807) is 25.2 Å². The molecule has 1 aliphatic rings. The quantitative estimate of drug-likeness (QED) is 0.601. The molecule has 1 aliphatic heterocycles. The van der Waals surface area contributed by atoms with Crippen molar-refractivity contribution < 1.29 is 23.7 Å². The third-order valence-electron chi connectivity index (χ3n) is 5.56. The number of nitrogens with one attached hydrogen (secondary N) is 1. The van der Waals surface area contributed by atoms with E-state index >= 15 is 0 Å². The first-order chi connectivity index (χ1) is 15.5. The van der Waals surface area contributed by atoms with Crippen LogP contribution < -0.4 is 29.2 Å². The summed E-state index contributed by atoms with van der Waals surface area (Å²) in [6.07, 6.45) is -0.476. The second-order valence-electron chi connectivity index (χ2n) is 7.40. The second-order valence-corrected chi connectivity index (χ2v) is 7.40. The van der Waals surface area contributed by atoms with E-state index in [0.717, 1.165) is 22.6 Å². The van der Waals surface area contributed by atoms with E-state index in [2.05, 4.69) is 5.32 Å². The zero-order chi connectivity index (χ0) is 22.8. The van der Waals surface area contributed by atoms with Gasteiger partial charge in [-0.15, -0.1) is 0 Å². The summed E-state index contributed by atoms with van der Waals surface area (Å²) in [5.41, 5.74) is 3.76. The first kappa shape index (κ1) is 21.4. The van der Waals surface area contributed by atoms with Gasteiger partial charge in [-0.2, -0.15) is 0 Å². The molecule has 0 unspecified atom stereocenters. The van der Waals surface area contributed by atoms with Gasteiger partial charge in [0.15, 0.2) is 11.5 Å². The van der Waals surface area contributed by atoms with Crippen molar-refractivity contribution in [1.29, 1.82) is 0 Å². The number of hydrogen-bond donors (Lipinski definition) is 1. The molecule has 0 aliphatic carbocycles.